The molecule has 6 bridgehead atoms. The lowest BCUT2D eigenvalue weighted by atomic mass is 9.84. The average Bonchev–Trinajstić information content (AvgIpc) is 4.14. The summed E-state index contributed by atoms with van der Waals surface area (Å²) in [4.78, 5) is 78.2. The zero-order valence-corrected chi connectivity index (χ0v) is 40.8. The number of likely N-dealkylation sites (tertiary alicyclic amines) is 1. The van der Waals surface area contributed by atoms with Crippen molar-refractivity contribution in [3.8, 4) is 28.1 Å². The summed E-state index contributed by atoms with van der Waals surface area (Å²) in [6.07, 6.45) is 4.00. The number of fused-ring (bicyclic) bond motifs is 6. The van der Waals surface area contributed by atoms with Gasteiger partial charge in [0.2, 0.25) is 17.7 Å². The van der Waals surface area contributed by atoms with E-state index < -0.39 is 41.3 Å². The maximum absolute atomic E-state index is 14.8. The Bertz CT molecular complexity index is 2560. The number of piperidine rings is 1. The number of hydrazine groups is 1. The van der Waals surface area contributed by atoms with E-state index in [1.54, 1.807) is 37.4 Å². The highest BCUT2D eigenvalue weighted by atomic mass is 16.5. The molecule has 8 rings (SSSR count). The number of aromatic nitrogens is 2. The zero-order chi connectivity index (χ0) is 48.6. The largest absolute Gasteiger partial charge is 0.508 e. The molecule has 2 aromatic carbocycles. The van der Waals surface area contributed by atoms with Crippen molar-refractivity contribution in [1.29, 1.82) is 0 Å². The van der Waals surface area contributed by atoms with Gasteiger partial charge in [0.05, 0.1) is 30.1 Å². The summed E-state index contributed by atoms with van der Waals surface area (Å²) < 4.78 is 14.2. The fourth-order valence-electron chi connectivity index (χ4n) is 10.5. The molecule has 364 valence electrons. The number of hydrogen-bond donors (Lipinski definition) is 4. The predicted octanol–water partition coefficient (Wildman–Crippen LogP) is 5.15. The van der Waals surface area contributed by atoms with E-state index in [-0.39, 0.29) is 61.1 Å². The summed E-state index contributed by atoms with van der Waals surface area (Å²) in [6, 6.07) is 12.5. The number of pyridine rings is 1. The molecule has 5 atom stereocenters. The van der Waals surface area contributed by atoms with Gasteiger partial charge in [-0.25, -0.2) is 5.43 Å². The van der Waals surface area contributed by atoms with Crippen LogP contribution < -0.4 is 16.1 Å². The molecule has 1 unspecified atom stereocenters. The molecule has 4 aliphatic rings. The molecule has 3 fully saturated rings. The van der Waals surface area contributed by atoms with Crippen molar-refractivity contribution in [1.82, 2.24) is 40.4 Å². The van der Waals surface area contributed by atoms with Crippen LogP contribution >= 0.6 is 0 Å². The summed E-state index contributed by atoms with van der Waals surface area (Å²) in [5.74, 6) is -2.23. The molecule has 0 radical (unpaired) electrons. The van der Waals surface area contributed by atoms with Crippen LogP contribution in [0.15, 0.2) is 54.7 Å². The van der Waals surface area contributed by atoms with E-state index in [0.717, 1.165) is 44.5 Å². The number of nitrogens with zero attached hydrogens (tertiary/aromatic N) is 5. The zero-order valence-electron chi connectivity index (χ0n) is 40.8. The Balaban J connectivity index is 1.16. The van der Waals surface area contributed by atoms with Crippen LogP contribution in [0.1, 0.15) is 90.2 Å². The Morgan fingerprint density at radius 2 is 1.78 bits per heavy atom. The van der Waals surface area contributed by atoms with Crippen LogP contribution in [0.3, 0.4) is 0 Å². The van der Waals surface area contributed by atoms with Gasteiger partial charge in [0, 0.05) is 87.3 Å². The maximum Gasteiger partial charge on any atom is 0.324 e. The van der Waals surface area contributed by atoms with Gasteiger partial charge in [-0.15, -0.1) is 0 Å². The molecule has 16 heteroatoms. The van der Waals surface area contributed by atoms with Gasteiger partial charge in [-0.1, -0.05) is 39.8 Å². The second-order valence-corrected chi connectivity index (χ2v) is 20.2. The Kier molecular flexibility index (Phi) is 14.3. The molecule has 16 nitrogen and oxygen atoms in total. The van der Waals surface area contributed by atoms with E-state index >= 15 is 0 Å². The van der Waals surface area contributed by atoms with E-state index in [4.69, 9.17) is 14.5 Å². The predicted molar refractivity (Wildman–Crippen MR) is 258 cm³/mol. The minimum atomic E-state index is -1.15. The van der Waals surface area contributed by atoms with Gasteiger partial charge in [0.1, 0.15) is 23.9 Å². The fourth-order valence-corrected chi connectivity index (χ4v) is 10.5. The third-order valence-electron chi connectivity index (χ3n) is 14.2. The normalized spacial score (nSPS) is 22.0. The number of esters is 1. The summed E-state index contributed by atoms with van der Waals surface area (Å²) in [5, 5.41) is 19.8. The number of hydrogen-bond acceptors (Lipinski definition) is 11. The lowest BCUT2D eigenvalue weighted by molar-refractivity contribution is -0.155. The monoisotopic (exact) mass is 933 g/mol. The molecule has 0 aliphatic carbocycles. The van der Waals surface area contributed by atoms with Gasteiger partial charge in [0.15, 0.2) is 0 Å². The number of aryl methyl sites for hydroxylation is 1. The van der Waals surface area contributed by atoms with E-state index in [2.05, 4.69) is 59.6 Å². The van der Waals surface area contributed by atoms with Gasteiger partial charge in [-0.3, -0.25) is 34.0 Å². The highest BCUT2D eigenvalue weighted by molar-refractivity contribution is 5.96. The lowest BCUT2D eigenvalue weighted by Gasteiger charge is -2.38. The van der Waals surface area contributed by atoms with Crippen molar-refractivity contribution in [2.75, 3.05) is 46.9 Å². The number of nitrogens with one attached hydrogen (secondary N) is 3. The highest BCUT2D eigenvalue weighted by Crippen LogP contribution is 2.42. The quantitative estimate of drug-likeness (QED) is 0.121. The van der Waals surface area contributed by atoms with Crippen LogP contribution in [0, 0.1) is 17.3 Å². The molecule has 68 heavy (non-hydrogen) atoms. The van der Waals surface area contributed by atoms with Crippen molar-refractivity contribution in [2.24, 2.45) is 17.3 Å². The summed E-state index contributed by atoms with van der Waals surface area (Å²) in [6.45, 7) is 14.7. The molecule has 6 heterocycles. The Labute approximate surface area is 399 Å². The van der Waals surface area contributed by atoms with E-state index in [1.807, 2.05) is 39.0 Å². The molecule has 2 aromatic heterocycles. The Hall–Kier alpha value is -5.84. The average molecular weight is 933 g/mol. The van der Waals surface area contributed by atoms with Gasteiger partial charge >= 0.3 is 5.97 Å². The number of cyclic esters (lactones) is 1. The molecular formula is C52H68N8O8. The number of phenols is 1. The van der Waals surface area contributed by atoms with Crippen molar-refractivity contribution in [3.05, 3.63) is 71.5 Å². The first kappa shape index (κ1) is 48.6. The van der Waals surface area contributed by atoms with Crippen LogP contribution in [-0.4, -0.2) is 130 Å². The summed E-state index contributed by atoms with van der Waals surface area (Å²) in [7, 11) is 3.30. The maximum atomic E-state index is 14.8. The van der Waals surface area contributed by atoms with Crippen LogP contribution in [0.2, 0.25) is 0 Å². The van der Waals surface area contributed by atoms with Crippen molar-refractivity contribution in [3.63, 3.8) is 0 Å². The number of benzene rings is 2. The number of carbonyl (C=O) groups is 5. The van der Waals surface area contributed by atoms with Crippen molar-refractivity contribution in [2.45, 2.75) is 117 Å². The van der Waals surface area contributed by atoms with E-state index in [0.29, 0.717) is 63.8 Å². The number of ether oxygens (including phenoxy) is 2. The Morgan fingerprint density at radius 1 is 1.03 bits per heavy atom. The second-order valence-electron chi connectivity index (χ2n) is 20.2. The SMILES string of the molecule is CCn1c(-c2cccnc2[C@H](C)OC)c2c3cc(ccc31)-c1cc(O)cc(c1)C[C@H](NC(=O)C(C(C)C)N(C)C(=O)C1CCN(C(=O)[C@@H]3CN3)CC1)C(=O)N1CCC[C@H](N1)C(=O)OCC(C)(C)C2. The van der Waals surface area contributed by atoms with Crippen molar-refractivity contribution < 1.29 is 38.6 Å². The first-order chi connectivity index (χ1) is 32.5. The van der Waals surface area contributed by atoms with Crippen molar-refractivity contribution >= 4 is 40.5 Å². The number of amides is 4. The molecular weight excluding hydrogens is 865 g/mol. The van der Waals surface area contributed by atoms with Crippen LogP contribution in [0.5, 0.6) is 5.75 Å². The molecule has 0 saturated carbocycles. The van der Waals surface area contributed by atoms with E-state index in [1.165, 1.54) is 9.91 Å². The van der Waals surface area contributed by atoms with E-state index in [9.17, 15) is 29.1 Å². The lowest BCUT2D eigenvalue weighted by Crippen LogP contribution is -2.62. The number of aromatic hydroxyl groups is 1. The number of phenolic OH excluding ortho intramolecular Hbond substituents is 1. The molecule has 0 spiro atoms. The number of rotatable bonds is 10. The standard InChI is InChI=1S/C52H68N8O8/c1-9-59-43-15-14-34-26-38(43)39(46(59)37-12-10-18-53-44(37)31(4)67-8)27-52(5,6)29-68-51(66)40-13-11-19-60(56-40)50(65)41(24-32-22-35(34)25-36(61)23-32)55-47(62)45(30(2)3)57(7)48(63)33-16-20-58(21-17-33)49(64)42-28-54-42/h10,12,14-15,18,22-23,25-26,30-31,33,40-42,45,54,56,61H,9,11,13,16-17,19-21,24,27-29H2,1-8H3,(H,55,62)/t31-,40-,41-,42-,45?/m0/s1. The molecule has 4 amide bonds. The van der Waals surface area contributed by atoms with Crippen LogP contribution in [0.4, 0.5) is 0 Å². The fraction of sp³-hybridized carbons (Fsp3) is 0.538. The minimum Gasteiger partial charge on any atom is -0.508 e. The second kappa shape index (κ2) is 20.0. The van der Waals surface area contributed by atoms with Gasteiger partial charge in [-0.05, 0) is 111 Å². The third-order valence-corrected chi connectivity index (χ3v) is 14.2. The molecule has 3 saturated heterocycles. The summed E-state index contributed by atoms with van der Waals surface area (Å²) >= 11 is 0. The number of likely N-dealkylation sites (N-methyl/N-ethyl adjacent to an activating group) is 1. The molecule has 4 aromatic rings. The summed E-state index contributed by atoms with van der Waals surface area (Å²) in [5.41, 5.74) is 9.60. The highest BCUT2D eigenvalue weighted by Gasteiger charge is 2.41. The third kappa shape index (κ3) is 10.1. The Morgan fingerprint density at radius 3 is 2.47 bits per heavy atom. The van der Waals surface area contributed by atoms with Crippen LogP contribution in [0.25, 0.3) is 33.3 Å². The van der Waals surface area contributed by atoms with Gasteiger partial charge in [0.25, 0.3) is 5.91 Å². The van der Waals surface area contributed by atoms with Crippen LogP contribution in [-0.2, 0) is 52.8 Å². The topological polar surface area (TPSA) is 198 Å². The number of methoxy groups -OCH3 is 1. The van der Waals surface area contributed by atoms with Gasteiger partial charge < -0.3 is 39.6 Å². The minimum absolute atomic E-state index is 0.00306. The first-order valence-electron chi connectivity index (χ1n) is 24.3. The molecule has 4 aliphatic heterocycles. The smallest absolute Gasteiger partial charge is 0.324 e. The van der Waals surface area contributed by atoms with Gasteiger partial charge in [-0.2, -0.15) is 0 Å². The number of carbonyl (C=O) groups excluding carboxylic acids is 5. The first-order valence-corrected chi connectivity index (χ1v) is 24.3. The molecule has 4 N–H and O–H groups in total.